The highest BCUT2D eigenvalue weighted by Gasteiger charge is 2.16. The Morgan fingerprint density at radius 1 is 1.60 bits per heavy atom. The highest BCUT2D eigenvalue weighted by molar-refractivity contribution is 9.10. The SMILES string of the molecule is CC(C)NCCC(=O)c1c(Br)nnn1C. The summed E-state index contributed by atoms with van der Waals surface area (Å²) in [6.07, 6.45) is 0.456. The summed E-state index contributed by atoms with van der Waals surface area (Å²) in [4.78, 5) is 11.8. The van der Waals surface area contributed by atoms with Crippen LogP contribution in [0.1, 0.15) is 30.8 Å². The summed E-state index contributed by atoms with van der Waals surface area (Å²) in [5.74, 6) is 0.0440. The molecule has 0 saturated carbocycles. The van der Waals surface area contributed by atoms with Crippen LogP contribution in [-0.4, -0.2) is 33.4 Å². The average Bonchev–Trinajstić information content (AvgIpc) is 2.45. The second-order valence-electron chi connectivity index (χ2n) is 3.63. The zero-order valence-corrected chi connectivity index (χ0v) is 10.7. The minimum Gasteiger partial charge on any atom is -0.314 e. The fourth-order valence-corrected chi connectivity index (χ4v) is 1.77. The van der Waals surface area contributed by atoms with Crippen LogP contribution in [0.5, 0.6) is 0 Å². The van der Waals surface area contributed by atoms with Gasteiger partial charge in [-0.2, -0.15) is 0 Å². The Morgan fingerprint density at radius 2 is 2.27 bits per heavy atom. The molecule has 15 heavy (non-hydrogen) atoms. The normalized spacial score (nSPS) is 11.0. The second-order valence-corrected chi connectivity index (χ2v) is 4.39. The Balaban J connectivity index is 2.54. The van der Waals surface area contributed by atoms with E-state index in [0.29, 0.717) is 29.3 Å². The lowest BCUT2D eigenvalue weighted by Crippen LogP contribution is -2.26. The molecule has 6 heteroatoms. The van der Waals surface area contributed by atoms with E-state index in [-0.39, 0.29) is 5.78 Å². The molecule has 5 nitrogen and oxygen atoms in total. The van der Waals surface area contributed by atoms with Gasteiger partial charge in [-0.15, -0.1) is 5.10 Å². The van der Waals surface area contributed by atoms with Crippen LogP contribution in [0.3, 0.4) is 0 Å². The molecule has 84 valence electrons. The van der Waals surface area contributed by atoms with Crippen LogP contribution >= 0.6 is 15.9 Å². The van der Waals surface area contributed by atoms with Crippen LogP contribution in [0.15, 0.2) is 4.60 Å². The Kier molecular flexibility index (Phi) is 4.41. The van der Waals surface area contributed by atoms with Crippen molar-refractivity contribution < 1.29 is 4.79 Å². The molecule has 1 aromatic heterocycles. The lowest BCUT2D eigenvalue weighted by atomic mass is 10.2. The Labute approximate surface area is 97.4 Å². The van der Waals surface area contributed by atoms with Gasteiger partial charge in [0, 0.05) is 26.1 Å². The minimum atomic E-state index is 0.0440. The lowest BCUT2D eigenvalue weighted by molar-refractivity contribution is 0.0972. The van der Waals surface area contributed by atoms with Crippen LogP contribution in [-0.2, 0) is 7.05 Å². The maximum absolute atomic E-state index is 11.8. The topological polar surface area (TPSA) is 59.8 Å². The molecule has 1 N–H and O–H groups in total. The number of nitrogens with one attached hydrogen (secondary N) is 1. The third kappa shape index (κ3) is 3.39. The van der Waals surface area contributed by atoms with Crippen molar-refractivity contribution >= 4 is 21.7 Å². The van der Waals surface area contributed by atoms with Crippen molar-refractivity contribution in [3.63, 3.8) is 0 Å². The number of aryl methyl sites for hydroxylation is 1. The van der Waals surface area contributed by atoms with Gasteiger partial charge in [-0.25, -0.2) is 4.68 Å². The van der Waals surface area contributed by atoms with Gasteiger partial charge in [-0.3, -0.25) is 4.79 Å². The second kappa shape index (κ2) is 5.37. The summed E-state index contributed by atoms with van der Waals surface area (Å²) in [5.41, 5.74) is 0.528. The third-order valence-corrected chi connectivity index (χ3v) is 2.49. The van der Waals surface area contributed by atoms with Gasteiger partial charge in [-0.1, -0.05) is 19.1 Å². The molecule has 0 aliphatic heterocycles. The maximum atomic E-state index is 11.8. The highest BCUT2D eigenvalue weighted by Crippen LogP contribution is 2.13. The number of halogens is 1. The summed E-state index contributed by atoms with van der Waals surface area (Å²) in [6, 6.07) is 0.394. The first-order valence-electron chi connectivity index (χ1n) is 4.84. The van der Waals surface area contributed by atoms with E-state index in [1.54, 1.807) is 7.05 Å². The van der Waals surface area contributed by atoms with Gasteiger partial charge >= 0.3 is 0 Å². The van der Waals surface area contributed by atoms with E-state index in [1.165, 1.54) is 4.68 Å². The van der Waals surface area contributed by atoms with Gasteiger partial charge in [0.1, 0.15) is 5.69 Å². The lowest BCUT2D eigenvalue weighted by Gasteiger charge is -2.06. The molecule has 0 bridgehead atoms. The van der Waals surface area contributed by atoms with Gasteiger partial charge in [-0.05, 0) is 15.9 Å². The van der Waals surface area contributed by atoms with Gasteiger partial charge in [0.05, 0.1) is 0 Å². The first kappa shape index (κ1) is 12.3. The molecule has 0 aromatic carbocycles. The molecule has 1 heterocycles. The summed E-state index contributed by atoms with van der Waals surface area (Å²) in [5, 5.41) is 10.7. The summed E-state index contributed by atoms with van der Waals surface area (Å²) < 4.78 is 2.00. The summed E-state index contributed by atoms with van der Waals surface area (Å²) in [6.45, 7) is 4.77. The molecule has 0 atom stereocenters. The van der Waals surface area contributed by atoms with E-state index in [1.807, 2.05) is 13.8 Å². The van der Waals surface area contributed by atoms with Gasteiger partial charge in [0.2, 0.25) is 0 Å². The van der Waals surface area contributed by atoms with Crippen LogP contribution in [0.4, 0.5) is 0 Å². The van der Waals surface area contributed by atoms with E-state index in [0.717, 1.165) is 0 Å². The van der Waals surface area contributed by atoms with Crippen LogP contribution < -0.4 is 5.32 Å². The van der Waals surface area contributed by atoms with Gasteiger partial charge < -0.3 is 5.32 Å². The van der Waals surface area contributed by atoms with Crippen LogP contribution in [0, 0.1) is 0 Å². The predicted molar refractivity (Wildman–Crippen MR) is 60.8 cm³/mol. The molecule has 0 radical (unpaired) electrons. The van der Waals surface area contributed by atoms with E-state index in [2.05, 4.69) is 31.6 Å². The molecular formula is C9H15BrN4O. The standard InChI is InChI=1S/C9H15BrN4O/c1-6(2)11-5-4-7(15)8-9(10)12-13-14(8)3/h6,11H,4-5H2,1-3H3. The number of nitrogens with zero attached hydrogens (tertiary/aromatic N) is 3. The van der Waals surface area contributed by atoms with Crippen molar-refractivity contribution in [1.29, 1.82) is 0 Å². The van der Waals surface area contributed by atoms with E-state index >= 15 is 0 Å². The fraction of sp³-hybridized carbons (Fsp3) is 0.667. The average molecular weight is 275 g/mol. The summed E-state index contributed by atoms with van der Waals surface area (Å²) >= 11 is 3.20. The number of rotatable bonds is 5. The molecule has 0 aliphatic rings. The van der Waals surface area contributed by atoms with Crippen molar-refractivity contribution in [3.05, 3.63) is 10.3 Å². The molecule has 1 aromatic rings. The van der Waals surface area contributed by atoms with E-state index in [4.69, 9.17) is 0 Å². The molecule has 0 spiro atoms. The Hall–Kier alpha value is -0.750. The largest absolute Gasteiger partial charge is 0.314 e. The quantitative estimate of drug-likeness (QED) is 0.819. The van der Waals surface area contributed by atoms with Crippen LogP contribution in [0.2, 0.25) is 0 Å². The first-order chi connectivity index (χ1) is 7.02. The van der Waals surface area contributed by atoms with Crippen molar-refractivity contribution in [1.82, 2.24) is 20.3 Å². The van der Waals surface area contributed by atoms with Crippen molar-refractivity contribution in [2.75, 3.05) is 6.54 Å². The molecular weight excluding hydrogens is 260 g/mol. The molecule has 0 unspecified atom stereocenters. The number of hydrogen-bond acceptors (Lipinski definition) is 4. The number of Topliss-reactive ketones (excluding diaryl/α,β-unsaturated/α-hetero) is 1. The third-order valence-electron chi connectivity index (χ3n) is 1.95. The number of ketones is 1. The monoisotopic (exact) mass is 274 g/mol. The summed E-state index contributed by atoms with van der Waals surface area (Å²) in [7, 11) is 1.71. The number of carbonyl (C=O) groups excluding carboxylic acids is 1. The zero-order chi connectivity index (χ0) is 11.4. The predicted octanol–water partition coefficient (Wildman–Crippen LogP) is 1.15. The van der Waals surface area contributed by atoms with E-state index < -0.39 is 0 Å². The molecule has 0 fully saturated rings. The van der Waals surface area contributed by atoms with Gasteiger partial charge in [0.15, 0.2) is 10.4 Å². The van der Waals surface area contributed by atoms with Crippen molar-refractivity contribution in [2.45, 2.75) is 26.3 Å². The number of carbonyl (C=O) groups is 1. The maximum Gasteiger partial charge on any atom is 0.184 e. The number of aromatic nitrogens is 3. The molecule has 0 saturated heterocycles. The van der Waals surface area contributed by atoms with Crippen molar-refractivity contribution in [3.8, 4) is 0 Å². The Bertz CT molecular complexity index is 328. The molecule has 0 aliphatic carbocycles. The minimum absolute atomic E-state index is 0.0440. The molecule has 1 rings (SSSR count). The van der Waals surface area contributed by atoms with Crippen LogP contribution in [0.25, 0.3) is 0 Å². The highest BCUT2D eigenvalue weighted by atomic mass is 79.9. The van der Waals surface area contributed by atoms with E-state index in [9.17, 15) is 4.79 Å². The smallest absolute Gasteiger partial charge is 0.184 e. The zero-order valence-electron chi connectivity index (χ0n) is 9.12. The van der Waals surface area contributed by atoms with Gasteiger partial charge in [0.25, 0.3) is 0 Å². The van der Waals surface area contributed by atoms with Crippen molar-refractivity contribution in [2.24, 2.45) is 7.05 Å². The molecule has 0 amide bonds. The number of hydrogen-bond donors (Lipinski definition) is 1. The fourth-order valence-electron chi connectivity index (χ4n) is 1.22. The first-order valence-corrected chi connectivity index (χ1v) is 5.63. The Morgan fingerprint density at radius 3 is 2.73 bits per heavy atom.